The summed E-state index contributed by atoms with van der Waals surface area (Å²) >= 11 is 0. The Bertz CT molecular complexity index is 840. The van der Waals surface area contributed by atoms with Gasteiger partial charge in [0.2, 0.25) is 0 Å². The lowest BCUT2D eigenvalue weighted by atomic mass is 10.1. The number of methoxy groups -OCH3 is 2. The molecule has 1 amide bonds. The molecular weight excluding hydrogens is 316 g/mol. The van der Waals surface area contributed by atoms with Crippen molar-refractivity contribution in [2.45, 2.75) is 6.54 Å². The van der Waals surface area contributed by atoms with Crippen molar-refractivity contribution >= 4 is 5.91 Å². The topological polar surface area (TPSA) is 52.5 Å². The summed E-state index contributed by atoms with van der Waals surface area (Å²) < 4.78 is 12.5. The first-order chi connectivity index (χ1) is 12.2. The highest BCUT2D eigenvalue weighted by atomic mass is 16.5. The van der Waals surface area contributed by atoms with Crippen LogP contribution in [0.15, 0.2) is 67.0 Å². The number of carbonyl (C=O) groups is 1. The summed E-state index contributed by atoms with van der Waals surface area (Å²) in [6, 6.07) is 16.9. The van der Waals surface area contributed by atoms with E-state index in [-0.39, 0.29) is 5.91 Å². The maximum Gasteiger partial charge on any atom is 0.251 e. The van der Waals surface area contributed by atoms with Crippen LogP contribution in [0.4, 0.5) is 0 Å². The molecule has 0 radical (unpaired) electrons. The van der Waals surface area contributed by atoms with E-state index in [9.17, 15) is 4.79 Å². The molecule has 0 atom stereocenters. The van der Waals surface area contributed by atoms with Crippen LogP contribution in [0.3, 0.4) is 0 Å². The second-order valence-corrected chi connectivity index (χ2v) is 5.50. The molecule has 5 heteroatoms. The van der Waals surface area contributed by atoms with Crippen LogP contribution in [0.1, 0.15) is 15.9 Å². The van der Waals surface area contributed by atoms with Gasteiger partial charge in [-0.1, -0.05) is 0 Å². The van der Waals surface area contributed by atoms with E-state index >= 15 is 0 Å². The summed E-state index contributed by atoms with van der Waals surface area (Å²) in [5.41, 5.74) is 2.48. The van der Waals surface area contributed by atoms with E-state index in [4.69, 9.17) is 9.47 Å². The van der Waals surface area contributed by atoms with Gasteiger partial charge >= 0.3 is 0 Å². The van der Waals surface area contributed by atoms with E-state index in [0.29, 0.717) is 17.9 Å². The summed E-state index contributed by atoms with van der Waals surface area (Å²) in [5, 5.41) is 2.91. The van der Waals surface area contributed by atoms with Crippen LogP contribution in [-0.2, 0) is 6.54 Å². The molecule has 0 bridgehead atoms. The fraction of sp³-hybridized carbons (Fsp3) is 0.150. The van der Waals surface area contributed by atoms with Crippen molar-refractivity contribution in [3.63, 3.8) is 0 Å². The van der Waals surface area contributed by atoms with Crippen LogP contribution < -0.4 is 14.8 Å². The molecule has 1 heterocycles. The van der Waals surface area contributed by atoms with Crippen molar-refractivity contribution < 1.29 is 14.3 Å². The Balaban J connectivity index is 1.68. The van der Waals surface area contributed by atoms with Gasteiger partial charge in [-0.25, -0.2) is 0 Å². The van der Waals surface area contributed by atoms with E-state index in [1.807, 2.05) is 71.6 Å². The van der Waals surface area contributed by atoms with Gasteiger partial charge in [0.05, 0.1) is 14.2 Å². The van der Waals surface area contributed by atoms with Crippen LogP contribution >= 0.6 is 0 Å². The number of aromatic nitrogens is 1. The largest absolute Gasteiger partial charge is 0.497 e. The number of carbonyl (C=O) groups excluding carboxylic acids is 1. The zero-order valence-corrected chi connectivity index (χ0v) is 14.2. The molecule has 25 heavy (non-hydrogen) atoms. The molecule has 2 aromatic carbocycles. The smallest absolute Gasteiger partial charge is 0.251 e. The normalized spacial score (nSPS) is 10.3. The third kappa shape index (κ3) is 3.83. The molecule has 0 spiro atoms. The fourth-order valence-corrected chi connectivity index (χ4v) is 2.59. The van der Waals surface area contributed by atoms with E-state index in [1.165, 1.54) is 0 Å². The van der Waals surface area contributed by atoms with Gasteiger partial charge in [0.1, 0.15) is 11.5 Å². The molecule has 0 unspecified atom stereocenters. The molecule has 0 saturated carbocycles. The third-order valence-corrected chi connectivity index (χ3v) is 3.96. The first-order valence-corrected chi connectivity index (χ1v) is 7.94. The highest BCUT2D eigenvalue weighted by Crippen LogP contribution is 2.23. The van der Waals surface area contributed by atoms with Crippen LogP contribution in [0.2, 0.25) is 0 Å². The van der Waals surface area contributed by atoms with Crippen LogP contribution in [-0.4, -0.2) is 24.7 Å². The predicted octanol–water partition coefficient (Wildman–Crippen LogP) is 3.42. The van der Waals surface area contributed by atoms with Crippen molar-refractivity contribution in [3.8, 4) is 17.2 Å². The SMILES string of the molecule is COc1ccc(OC)c(CNC(=O)c2ccc(-n3cccc3)cc2)c1. The van der Waals surface area contributed by atoms with E-state index in [2.05, 4.69) is 5.32 Å². The zero-order valence-electron chi connectivity index (χ0n) is 14.2. The number of hydrogen-bond acceptors (Lipinski definition) is 3. The Hall–Kier alpha value is -3.21. The molecule has 0 saturated heterocycles. The monoisotopic (exact) mass is 336 g/mol. The van der Waals surface area contributed by atoms with E-state index in [0.717, 1.165) is 17.0 Å². The molecule has 3 aromatic rings. The average molecular weight is 336 g/mol. The lowest BCUT2D eigenvalue weighted by molar-refractivity contribution is 0.0950. The number of rotatable bonds is 6. The van der Waals surface area contributed by atoms with E-state index < -0.39 is 0 Å². The molecule has 1 aromatic heterocycles. The first kappa shape index (κ1) is 16.6. The van der Waals surface area contributed by atoms with Gasteiger partial charge in [-0.05, 0) is 54.6 Å². The summed E-state index contributed by atoms with van der Waals surface area (Å²) in [5.74, 6) is 1.30. The molecule has 1 N–H and O–H groups in total. The van der Waals surface area contributed by atoms with Crippen molar-refractivity contribution in [3.05, 3.63) is 78.1 Å². The van der Waals surface area contributed by atoms with Crippen molar-refractivity contribution in [1.82, 2.24) is 9.88 Å². The second kappa shape index (κ2) is 7.57. The molecule has 0 fully saturated rings. The summed E-state index contributed by atoms with van der Waals surface area (Å²) in [6.45, 7) is 0.360. The predicted molar refractivity (Wildman–Crippen MR) is 96.5 cm³/mol. The third-order valence-electron chi connectivity index (χ3n) is 3.96. The lowest BCUT2D eigenvalue weighted by Crippen LogP contribution is -2.23. The van der Waals surface area contributed by atoms with Crippen LogP contribution in [0.5, 0.6) is 11.5 Å². The summed E-state index contributed by atoms with van der Waals surface area (Å²) in [6.07, 6.45) is 3.92. The number of hydrogen-bond donors (Lipinski definition) is 1. The number of benzene rings is 2. The minimum Gasteiger partial charge on any atom is -0.497 e. The highest BCUT2D eigenvalue weighted by molar-refractivity contribution is 5.94. The Labute approximate surface area is 146 Å². The molecule has 3 rings (SSSR count). The number of nitrogens with zero attached hydrogens (tertiary/aromatic N) is 1. The van der Waals surface area contributed by atoms with E-state index in [1.54, 1.807) is 14.2 Å². The molecule has 128 valence electrons. The molecule has 5 nitrogen and oxygen atoms in total. The zero-order chi connectivity index (χ0) is 17.6. The van der Waals surface area contributed by atoms with Crippen LogP contribution in [0.25, 0.3) is 5.69 Å². The maximum atomic E-state index is 12.4. The lowest BCUT2D eigenvalue weighted by Gasteiger charge is -2.12. The van der Waals surface area contributed by atoms with Crippen molar-refractivity contribution in [2.75, 3.05) is 14.2 Å². The maximum absolute atomic E-state index is 12.4. The van der Waals surface area contributed by atoms with Crippen LogP contribution in [0, 0.1) is 0 Å². The highest BCUT2D eigenvalue weighted by Gasteiger charge is 2.09. The molecular formula is C20H20N2O3. The summed E-state index contributed by atoms with van der Waals surface area (Å²) in [4.78, 5) is 12.4. The summed E-state index contributed by atoms with van der Waals surface area (Å²) in [7, 11) is 3.21. The Kier molecular flexibility index (Phi) is 5.04. The number of nitrogens with one attached hydrogen (secondary N) is 1. The van der Waals surface area contributed by atoms with Gasteiger partial charge < -0.3 is 19.4 Å². The second-order valence-electron chi connectivity index (χ2n) is 5.50. The van der Waals surface area contributed by atoms with Gasteiger partial charge in [-0.2, -0.15) is 0 Å². The quantitative estimate of drug-likeness (QED) is 0.750. The number of amides is 1. The first-order valence-electron chi connectivity index (χ1n) is 7.94. The Morgan fingerprint density at radius 2 is 1.72 bits per heavy atom. The van der Waals surface area contributed by atoms with Gasteiger partial charge in [0.15, 0.2) is 0 Å². The molecule has 0 aliphatic carbocycles. The van der Waals surface area contributed by atoms with Crippen molar-refractivity contribution in [1.29, 1.82) is 0 Å². The van der Waals surface area contributed by atoms with Crippen molar-refractivity contribution in [2.24, 2.45) is 0 Å². The Morgan fingerprint density at radius 1 is 1.00 bits per heavy atom. The minimum atomic E-state index is -0.135. The van der Waals surface area contributed by atoms with Gasteiger partial charge in [0.25, 0.3) is 5.91 Å². The molecule has 0 aliphatic rings. The molecule has 0 aliphatic heterocycles. The van der Waals surface area contributed by atoms with Gasteiger partial charge in [-0.3, -0.25) is 4.79 Å². The van der Waals surface area contributed by atoms with Gasteiger partial charge in [-0.15, -0.1) is 0 Å². The minimum absolute atomic E-state index is 0.135. The Morgan fingerprint density at radius 3 is 2.36 bits per heavy atom. The standard InChI is InChI=1S/C20H20N2O3/c1-24-18-9-10-19(25-2)16(13-18)14-21-20(23)15-5-7-17(8-6-15)22-11-3-4-12-22/h3-13H,14H2,1-2H3,(H,21,23). The van der Waals surface area contributed by atoms with Gasteiger partial charge in [0, 0.05) is 35.8 Å². The average Bonchev–Trinajstić information content (AvgIpc) is 3.20. The number of ether oxygens (including phenoxy) is 2. The fourth-order valence-electron chi connectivity index (χ4n) is 2.59.